The summed E-state index contributed by atoms with van der Waals surface area (Å²) in [6.45, 7) is 21.6. The summed E-state index contributed by atoms with van der Waals surface area (Å²) >= 11 is 0. The quantitative estimate of drug-likeness (QED) is 0.167. The van der Waals surface area contributed by atoms with Crippen LogP contribution in [0.1, 0.15) is 149 Å². The molecule has 94 heavy (non-hydrogen) atoms. The number of halogens is 3. The van der Waals surface area contributed by atoms with Crippen LogP contribution in [-0.2, 0) is 40.0 Å². The number of Topliss-reactive ketones (excluding diaryl/α,β-unsaturated/α-hetero) is 1. The number of fused-ring (bicyclic) bond motifs is 6. The van der Waals surface area contributed by atoms with E-state index in [9.17, 15) is 37.1 Å². The Morgan fingerprint density at radius 3 is 1.34 bits per heavy atom. The van der Waals surface area contributed by atoms with Crippen LogP contribution in [-0.4, -0.2) is 202 Å². The van der Waals surface area contributed by atoms with E-state index in [0.717, 1.165) is 216 Å². The predicted molar refractivity (Wildman–Crippen MR) is 360 cm³/mol. The van der Waals surface area contributed by atoms with Crippen LogP contribution in [0.15, 0.2) is 78.9 Å². The van der Waals surface area contributed by atoms with Crippen LogP contribution in [0.25, 0.3) is 11.1 Å². The van der Waals surface area contributed by atoms with Crippen LogP contribution in [0, 0.1) is 17.5 Å². The van der Waals surface area contributed by atoms with Gasteiger partial charge in [-0.1, -0.05) is 18.2 Å². The van der Waals surface area contributed by atoms with Crippen molar-refractivity contribution < 1.29 is 52.8 Å². The van der Waals surface area contributed by atoms with E-state index in [1.165, 1.54) is 35.0 Å². The number of amides is 4. The summed E-state index contributed by atoms with van der Waals surface area (Å²) in [7, 11) is 0. The largest absolute Gasteiger partial charge is 0.450 e. The minimum atomic E-state index is -0.241. The second-order valence-electron chi connectivity index (χ2n) is 28.1. The number of rotatable bonds is 8. The highest BCUT2D eigenvalue weighted by atomic mass is 19.1. The molecule has 1 N–H and O–H groups in total. The van der Waals surface area contributed by atoms with E-state index in [2.05, 4.69) is 37.0 Å². The molecule has 14 rings (SSSR count). The van der Waals surface area contributed by atoms with Gasteiger partial charge in [0.25, 0.3) is 0 Å². The summed E-state index contributed by atoms with van der Waals surface area (Å²) in [4.78, 5) is 77.8. The molecule has 7 fully saturated rings. The van der Waals surface area contributed by atoms with Crippen molar-refractivity contribution in [3.63, 3.8) is 0 Å². The highest BCUT2D eigenvalue weighted by Crippen LogP contribution is 2.52. The first-order chi connectivity index (χ1) is 45.5. The predicted octanol–water partition coefficient (Wildman–Crippen LogP) is 12.4. The molecule has 3 spiro atoms. The molecule has 6 saturated heterocycles. The Morgan fingerprint density at radius 2 is 0.872 bits per heavy atom. The van der Waals surface area contributed by atoms with Gasteiger partial charge < -0.3 is 58.7 Å². The third kappa shape index (κ3) is 14.3. The number of nitrogens with zero attached hydrogens (tertiary/aromatic N) is 8. The molecule has 0 bridgehead atoms. The highest BCUT2D eigenvalue weighted by molar-refractivity contribution is 5.95. The maximum atomic E-state index is 14.3. The Bertz CT molecular complexity index is 3320. The molecule has 0 atom stereocenters. The molecule has 17 nitrogen and oxygen atoms in total. The van der Waals surface area contributed by atoms with Crippen molar-refractivity contribution in [1.82, 2.24) is 29.4 Å². The number of carbonyl (C=O) groups excluding carboxylic acids is 5. The average molecular weight is 1300 g/mol. The van der Waals surface area contributed by atoms with Crippen LogP contribution in [0.5, 0.6) is 0 Å². The zero-order valence-corrected chi connectivity index (χ0v) is 55.8. The van der Waals surface area contributed by atoms with E-state index in [0.29, 0.717) is 62.6 Å². The highest BCUT2D eigenvalue weighted by Gasteiger charge is 2.50. The number of carbonyl (C=O) groups is 5. The van der Waals surface area contributed by atoms with Gasteiger partial charge in [-0.25, -0.2) is 27.6 Å². The number of likely N-dealkylation sites (tertiary alicyclic amines) is 6. The minimum absolute atomic E-state index is 0. The monoisotopic (exact) mass is 1300 g/mol. The number of piperidine rings is 6. The lowest BCUT2D eigenvalue weighted by Gasteiger charge is -2.45. The molecule has 4 aromatic carbocycles. The van der Waals surface area contributed by atoms with Gasteiger partial charge in [0.15, 0.2) is 0 Å². The fourth-order valence-electron chi connectivity index (χ4n) is 17.6. The first-order valence-electron chi connectivity index (χ1n) is 35.3. The summed E-state index contributed by atoms with van der Waals surface area (Å²) in [5, 5.41) is 3.47. The second-order valence-corrected chi connectivity index (χ2v) is 28.1. The molecule has 4 aromatic rings. The molecule has 0 radical (unpaired) electrons. The van der Waals surface area contributed by atoms with Gasteiger partial charge in [-0.05, 0) is 238 Å². The van der Waals surface area contributed by atoms with Crippen molar-refractivity contribution in [2.45, 2.75) is 171 Å². The molecular formula is C74H100F3N9O8. The Kier molecular flexibility index (Phi) is 20.9. The van der Waals surface area contributed by atoms with Gasteiger partial charge in [0, 0.05) is 138 Å². The number of benzene rings is 4. The zero-order chi connectivity index (χ0) is 65.7. The normalized spacial score (nSPS) is 22.4. The second kappa shape index (κ2) is 29.2. The molecule has 0 unspecified atom stereocenters. The van der Waals surface area contributed by atoms with Gasteiger partial charge in [0.1, 0.15) is 23.2 Å². The topological polar surface area (TPSA) is 151 Å². The summed E-state index contributed by atoms with van der Waals surface area (Å²) in [6.07, 6.45) is 14.7. The fraction of sp³-hybridized carbons (Fsp3) is 0.608. The van der Waals surface area contributed by atoms with E-state index in [-0.39, 0.29) is 59.3 Å². The number of hydrogen-bond donors (Lipinski definition) is 1. The van der Waals surface area contributed by atoms with Gasteiger partial charge in [-0.2, -0.15) is 0 Å². The molecule has 0 aromatic heterocycles. The first-order valence-corrected chi connectivity index (χ1v) is 35.3. The molecular weight excluding hydrogens is 1200 g/mol. The molecule has 4 amide bonds. The maximum Gasteiger partial charge on any atom is 0.409 e. The Morgan fingerprint density at radius 1 is 0.468 bits per heavy atom. The average Bonchev–Trinajstić information content (AvgIpc) is 1.62. The Balaban J connectivity index is 0.000000146. The first kappa shape index (κ1) is 67.1. The lowest BCUT2D eigenvalue weighted by atomic mass is 9.73. The SMILES string of the molecule is CCOC(=O)N1CCC(N2CCC3(CC2)CN(C(C)=O)c2ccc(-c4ccc(F)cc4)cc23)CC1.CCOC(=O)N1CCC(N2CCC3(CC2)CN(C2CCC(=O)CC2)c2ccc(F)cc23)CC1.CCOC(=O)N1CCC(N2CCC3(CC2)CNc2ccc(F)cc23)CC1.[HH]. The van der Waals surface area contributed by atoms with Crippen molar-refractivity contribution >= 4 is 47.0 Å². The molecule has 510 valence electrons. The van der Waals surface area contributed by atoms with Crippen molar-refractivity contribution in [2.75, 3.05) is 133 Å². The van der Waals surface area contributed by atoms with Crippen molar-refractivity contribution in [1.29, 1.82) is 0 Å². The molecule has 1 saturated carbocycles. The van der Waals surface area contributed by atoms with Crippen molar-refractivity contribution in [3.8, 4) is 11.1 Å². The third-order valence-electron chi connectivity index (χ3n) is 23.1. The molecule has 1 aliphatic carbocycles. The summed E-state index contributed by atoms with van der Waals surface area (Å²) in [5.41, 5.74) is 8.95. The van der Waals surface area contributed by atoms with Gasteiger partial charge in [-0.15, -0.1) is 0 Å². The van der Waals surface area contributed by atoms with Gasteiger partial charge in [-0.3, -0.25) is 9.59 Å². The van der Waals surface area contributed by atoms with E-state index in [1.807, 2.05) is 70.7 Å². The number of nitrogens with one attached hydrogen (secondary N) is 1. The van der Waals surface area contributed by atoms with Crippen molar-refractivity contribution in [2.24, 2.45) is 0 Å². The Labute approximate surface area is 555 Å². The molecule has 20 heteroatoms. The number of ether oxygens (including phenoxy) is 3. The van der Waals surface area contributed by atoms with E-state index in [1.54, 1.807) is 25.1 Å². The zero-order valence-electron chi connectivity index (χ0n) is 55.8. The maximum absolute atomic E-state index is 14.3. The van der Waals surface area contributed by atoms with E-state index < -0.39 is 0 Å². The van der Waals surface area contributed by atoms with Crippen molar-refractivity contribution in [3.05, 3.63) is 113 Å². The lowest BCUT2D eigenvalue weighted by molar-refractivity contribution is -0.120. The summed E-state index contributed by atoms with van der Waals surface area (Å²) in [5.74, 6) is -0.0778. The minimum Gasteiger partial charge on any atom is -0.450 e. The van der Waals surface area contributed by atoms with Crippen LogP contribution in [0.3, 0.4) is 0 Å². The van der Waals surface area contributed by atoms with Crippen LogP contribution in [0.2, 0.25) is 0 Å². The van der Waals surface area contributed by atoms with E-state index in [4.69, 9.17) is 14.2 Å². The van der Waals surface area contributed by atoms with Gasteiger partial charge in [0.2, 0.25) is 5.91 Å². The smallest absolute Gasteiger partial charge is 0.409 e. The number of hydrogen-bond acceptors (Lipinski definition) is 13. The van der Waals surface area contributed by atoms with Crippen LogP contribution >= 0.6 is 0 Å². The summed E-state index contributed by atoms with van der Waals surface area (Å²) in [6, 6.07) is 25.3. The van der Waals surface area contributed by atoms with Gasteiger partial charge >= 0.3 is 18.3 Å². The third-order valence-corrected chi connectivity index (χ3v) is 23.1. The van der Waals surface area contributed by atoms with Crippen LogP contribution < -0.4 is 15.1 Å². The molecule has 9 aliphatic heterocycles. The van der Waals surface area contributed by atoms with Crippen LogP contribution in [0.4, 0.5) is 44.6 Å². The summed E-state index contributed by atoms with van der Waals surface area (Å²) < 4.78 is 56.9. The van der Waals surface area contributed by atoms with Gasteiger partial charge in [0.05, 0.1) is 19.8 Å². The molecule has 9 heterocycles. The fourth-order valence-corrected chi connectivity index (χ4v) is 17.6. The Hall–Kier alpha value is -6.90. The standard InChI is InChI=1S/C28H34FN3O3.C26H36FN3O3.C20H28FN3O2.H2/c1-3-35-27(34)31-14-10-24(11-15-31)30-16-12-28(13-17-30)19-32(20(2)33)26-9-6-22(18-25(26)28)21-4-7-23(29)8-5-21;1-2-33-25(32)29-13-9-20(10-14-29)28-15-11-26(12-16-28)18-30(21-4-6-22(31)7-5-21)24-8-3-19(27)17-23(24)26;1-2-26-19(25)24-9-5-16(6-10-24)23-11-7-20(8-12-23)14-22-18-4-3-15(21)13-17(18)20;/h4-9,18,24H,3,10-17,19H2,1-2H3;3,8,17,20-21H,2,4-7,9-16,18H2,1H3;3-4,13,16,22H,2,5-12,14H2,1H3;1H. The number of ketones is 1. The molecule has 10 aliphatic rings. The number of anilines is 3. The van der Waals surface area contributed by atoms with E-state index >= 15 is 0 Å². The lowest BCUT2D eigenvalue weighted by Crippen LogP contribution is -2.52.